The molecule has 0 aliphatic heterocycles. The van der Waals surface area contributed by atoms with Gasteiger partial charge in [-0.2, -0.15) is 0 Å². The van der Waals surface area contributed by atoms with Crippen LogP contribution >= 0.6 is 0 Å². The van der Waals surface area contributed by atoms with E-state index in [0.717, 1.165) is 0 Å². The normalized spacial score (nSPS) is 10.3. The molecule has 0 amide bonds. The van der Waals surface area contributed by atoms with Crippen LogP contribution in [0.5, 0.6) is 17.2 Å². The van der Waals surface area contributed by atoms with E-state index in [1.165, 1.54) is 21.3 Å². The van der Waals surface area contributed by atoms with Crippen molar-refractivity contribution in [2.45, 2.75) is 0 Å². The Kier molecular flexibility index (Phi) is 2.86. The Morgan fingerprint density at radius 1 is 1.06 bits per heavy atom. The summed E-state index contributed by atoms with van der Waals surface area (Å²) >= 11 is 0. The highest BCUT2D eigenvalue weighted by molar-refractivity contribution is 5.95. The van der Waals surface area contributed by atoms with E-state index >= 15 is 0 Å². The fourth-order valence-electron chi connectivity index (χ4n) is 1.64. The topological polar surface area (TPSA) is 79.5 Å². The number of fused-ring (bicyclic) bond motifs is 1. The molecule has 0 bridgehead atoms. The van der Waals surface area contributed by atoms with E-state index < -0.39 is 0 Å². The number of hydrogen-bond acceptors (Lipinski definition) is 6. The minimum absolute atomic E-state index is 0.314. The molecule has 0 unspecified atom stereocenters. The molecule has 0 fully saturated rings. The van der Waals surface area contributed by atoms with Crippen LogP contribution in [0.1, 0.15) is 0 Å². The number of nitrogen functional groups attached to an aromatic ring is 1. The molecule has 1 aromatic heterocycles. The van der Waals surface area contributed by atoms with Gasteiger partial charge in [-0.15, -0.1) is 0 Å². The van der Waals surface area contributed by atoms with Gasteiger partial charge >= 0.3 is 0 Å². The molecule has 1 heterocycles. The fraction of sp³-hybridized carbons (Fsp3) is 0.273. The van der Waals surface area contributed by atoms with Crippen molar-refractivity contribution in [3.63, 3.8) is 0 Å². The molecule has 0 spiro atoms. The van der Waals surface area contributed by atoms with Gasteiger partial charge in [0.1, 0.15) is 11.3 Å². The van der Waals surface area contributed by atoms with Crippen LogP contribution in [0.15, 0.2) is 6.07 Å². The van der Waals surface area contributed by atoms with Gasteiger partial charge in [0.05, 0.1) is 26.7 Å². The number of nitrogens with two attached hydrogens (primary N) is 1. The van der Waals surface area contributed by atoms with E-state index in [1.807, 2.05) is 0 Å². The van der Waals surface area contributed by atoms with Crippen LogP contribution in [-0.2, 0) is 0 Å². The molecule has 0 atom stereocenters. The van der Waals surface area contributed by atoms with Crippen molar-refractivity contribution in [3.8, 4) is 17.2 Å². The lowest BCUT2D eigenvalue weighted by molar-refractivity contribution is 0.327. The number of nitrogens with zero attached hydrogens (tertiary/aromatic N) is 2. The fourth-order valence-corrected chi connectivity index (χ4v) is 1.64. The summed E-state index contributed by atoms with van der Waals surface area (Å²) in [6.45, 7) is 0. The average molecular weight is 234 g/mol. The zero-order valence-electron chi connectivity index (χ0n) is 9.77. The third-order valence-corrected chi connectivity index (χ3v) is 2.41. The smallest absolute Gasteiger partial charge is 0.205 e. The minimum Gasteiger partial charge on any atom is -0.493 e. The molecule has 1 radical (unpaired) electrons. The first-order valence-corrected chi connectivity index (χ1v) is 4.85. The zero-order valence-corrected chi connectivity index (χ0v) is 9.77. The lowest BCUT2D eigenvalue weighted by atomic mass is 10.2. The van der Waals surface area contributed by atoms with Crippen molar-refractivity contribution < 1.29 is 14.2 Å². The third-order valence-electron chi connectivity index (χ3n) is 2.41. The number of aromatic nitrogens is 2. The van der Waals surface area contributed by atoms with Crippen molar-refractivity contribution in [3.05, 3.63) is 12.4 Å². The number of rotatable bonds is 3. The van der Waals surface area contributed by atoms with Crippen molar-refractivity contribution in [2.24, 2.45) is 0 Å². The second-order valence-electron chi connectivity index (χ2n) is 3.25. The molecular formula is C11H12N3O3. The summed E-state index contributed by atoms with van der Waals surface area (Å²) in [7, 11) is 4.59. The van der Waals surface area contributed by atoms with Gasteiger partial charge in [0.25, 0.3) is 0 Å². The Morgan fingerprint density at radius 2 is 1.76 bits per heavy atom. The van der Waals surface area contributed by atoms with E-state index in [2.05, 4.69) is 16.3 Å². The van der Waals surface area contributed by atoms with Gasteiger partial charge in [-0.3, -0.25) is 0 Å². The Hall–Kier alpha value is -2.24. The summed E-state index contributed by atoms with van der Waals surface area (Å²) in [4.78, 5) is 7.82. The van der Waals surface area contributed by atoms with Crippen LogP contribution in [0.3, 0.4) is 0 Å². The molecular weight excluding hydrogens is 222 g/mol. The van der Waals surface area contributed by atoms with Crippen molar-refractivity contribution in [1.82, 2.24) is 9.97 Å². The van der Waals surface area contributed by atoms with Crippen LogP contribution in [0.25, 0.3) is 10.9 Å². The van der Waals surface area contributed by atoms with Crippen molar-refractivity contribution in [1.29, 1.82) is 0 Å². The van der Waals surface area contributed by atoms with Gasteiger partial charge < -0.3 is 19.9 Å². The van der Waals surface area contributed by atoms with Crippen LogP contribution in [0, 0.1) is 6.33 Å². The highest BCUT2D eigenvalue weighted by atomic mass is 16.5. The van der Waals surface area contributed by atoms with Gasteiger partial charge in [-0.05, 0) is 6.07 Å². The molecule has 0 aliphatic rings. The summed E-state index contributed by atoms with van der Waals surface area (Å²) in [5, 5.41) is 0.637. The van der Waals surface area contributed by atoms with E-state index in [1.54, 1.807) is 6.07 Å². The molecule has 6 nitrogen and oxygen atoms in total. The van der Waals surface area contributed by atoms with Gasteiger partial charge in [0.2, 0.25) is 12.1 Å². The molecule has 2 aromatic rings. The minimum atomic E-state index is 0.314. The summed E-state index contributed by atoms with van der Waals surface area (Å²) in [5.41, 5.74) is 6.30. The number of methoxy groups -OCH3 is 3. The first kappa shape index (κ1) is 11.3. The molecule has 0 saturated carbocycles. The lowest BCUT2D eigenvalue weighted by Gasteiger charge is -2.14. The highest BCUT2D eigenvalue weighted by Gasteiger charge is 2.18. The number of benzene rings is 1. The SMILES string of the molecule is COc1cc2c(N)n[c]nc2c(OC)c1OC. The Morgan fingerprint density at radius 3 is 2.35 bits per heavy atom. The highest BCUT2D eigenvalue weighted by Crippen LogP contribution is 2.43. The molecule has 0 saturated heterocycles. The van der Waals surface area contributed by atoms with E-state index in [4.69, 9.17) is 19.9 Å². The molecule has 6 heteroatoms. The van der Waals surface area contributed by atoms with Crippen molar-refractivity contribution in [2.75, 3.05) is 27.1 Å². The predicted octanol–water partition coefficient (Wildman–Crippen LogP) is 1.04. The summed E-state index contributed by atoms with van der Waals surface area (Å²) in [6.07, 6.45) is 2.47. The summed E-state index contributed by atoms with van der Waals surface area (Å²) in [5.74, 6) is 1.74. The maximum atomic E-state index is 5.76. The van der Waals surface area contributed by atoms with Crippen LogP contribution < -0.4 is 19.9 Å². The lowest BCUT2D eigenvalue weighted by Crippen LogP contribution is -2.00. The Balaban J connectivity index is 2.88. The molecule has 2 rings (SSSR count). The summed E-state index contributed by atoms with van der Waals surface area (Å²) in [6, 6.07) is 1.71. The van der Waals surface area contributed by atoms with E-state index in [-0.39, 0.29) is 0 Å². The maximum absolute atomic E-state index is 5.76. The number of hydrogen-bond donors (Lipinski definition) is 1. The Bertz CT molecular complexity index is 557. The van der Waals surface area contributed by atoms with Gasteiger partial charge in [-0.1, -0.05) is 0 Å². The second kappa shape index (κ2) is 4.32. The quantitative estimate of drug-likeness (QED) is 0.854. The zero-order chi connectivity index (χ0) is 12.4. The maximum Gasteiger partial charge on any atom is 0.205 e. The average Bonchev–Trinajstić information content (AvgIpc) is 2.36. The summed E-state index contributed by atoms with van der Waals surface area (Å²) < 4.78 is 15.7. The van der Waals surface area contributed by atoms with Crippen LogP contribution in [0.4, 0.5) is 5.82 Å². The second-order valence-corrected chi connectivity index (χ2v) is 3.25. The monoisotopic (exact) mass is 234 g/mol. The van der Waals surface area contributed by atoms with E-state index in [9.17, 15) is 0 Å². The number of anilines is 1. The van der Waals surface area contributed by atoms with Gasteiger partial charge in [-0.25, -0.2) is 9.97 Å². The first-order chi connectivity index (χ1) is 8.22. The largest absolute Gasteiger partial charge is 0.493 e. The third kappa shape index (κ3) is 1.67. The van der Waals surface area contributed by atoms with Gasteiger partial charge in [0.15, 0.2) is 11.5 Å². The molecule has 1 aromatic carbocycles. The predicted molar refractivity (Wildman–Crippen MR) is 62.4 cm³/mol. The van der Waals surface area contributed by atoms with Crippen molar-refractivity contribution >= 4 is 16.7 Å². The van der Waals surface area contributed by atoms with Crippen LogP contribution in [0.2, 0.25) is 0 Å². The standard InChI is InChI=1S/C11H12N3O3/c1-15-7-4-6-8(13-5-14-11(6)12)10(17-3)9(7)16-2/h4H,1-3H3,(H2,12,13,14). The Labute approximate surface area is 98.3 Å². The molecule has 2 N–H and O–H groups in total. The van der Waals surface area contributed by atoms with Gasteiger partial charge in [0, 0.05) is 0 Å². The molecule has 17 heavy (non-hydrogen) atoms. The van der Waals surface area contributed by atoms with Crippen LogP contribution in [-0.4, -0.2) is 31.3 Å². The molecule has 0 aliphatic carbocycles. The molecule has 89 valence electrons. The first-order valence-electron chi connectivity index (χ1n) is 4.85. The van der Waals surface area contributed by atoms with E-state index in [0.29, 0.717) is 34.0 Å². The number of ether oxygens (including phenoxy) is 3.